The van der Waals surface area contributed by atoms with Crippen molar-refractivity contribution in [2.45, 2.75) is 33.3 Å². The van der Waals surface area contributed by atoms with Crippen LogP contribution in [0.2, 0.25) is 0 Å². The molecule has 0 spiro atoms. The molecule has 0 saturated heterocycles. The van der Waals surface area contributed by atoms with Crippen LogP contribution >= 0.6 is 0 Å². The molecule has 5 nitrogen and oxygen atoms in total. The molecule has 2 rings (SSSR count). The van der Waals surface area contributed by atoms with Gasteiger partial charge in [-0.15, -0.1) is 0 Å². The summed E-state index contributed by atoms with van der Waals surface area (Å²) in [5.41, 5.74) is 1.74. The highest BCUT2D eigenvalue weighted by Crippen LogP contribution is 2.37. The number of anilines is 1. The van der Waals surface area contributed by atoms with E-state index >= 15 is 0 Å². The normalized spacial score (nSPS) is 16.4. The lowest BCUT2D eigenvalue weighted by Crippen LogP contribution is -2.18. The van der Waals surface area contributed by atoms with E-state index in [4.69, 9.17) is 14.2 Å². The Kier molecular flexibility index (Phi) is 4.84. The summed E-state index contributed by atoms with van der Waals surface area (Å²) in [6.45, 7) is 6.88. The highest BCUT2D eigenvalue weighted by atomic mass is 16.5. The monoisotopic (exact) mass is 279 g/mol. The molecule has 5 heteroatoms. The summed E-state index contributed by atoms with van der Waals surface area (Å²) in [5, 5.41) is 2.81. The van der Waals surface area contributed by atoms with Crippen molar-refractivity contribution < 1.29 is 19.0 Å². The molecule has 1 atom stereocenters. The van der Waals surface area contributed by atoms with Gasteiger partial charge in [-0.05, 0) is 26.8 Å². The summed E-state index contributed by atoms with van der Waals surface area (Å²) >= 11 is 0. The maximum absolute atomic E-state index is 11.8. The second-order valence-corrected chi connectivity index (χ2v) is 4.71. The lowest BCUT2D eigenvalue weighted by Gasteiger charge is -2.13. The van der Waals surface area contributed by atoms with Gasteiger partial charge in [0.05, 0.1) is 12.3 Å². The number of benzene rings is 1. The van der Waals surface area contributed by atoms with Gasteiger partial charge < -0.3 is 19.5 Å². The lowest BCUT2D eigenvalue weighted by molar-refractivity contribution is -0.120. The van der Waals surface area contributed by atoms with Gasteiger partial charge in [0, 0.05) is 24.7 Å². The van der Waals surface area contributed by atoms with Crippen molar-refractivity contribution in [2.75, 3.05) is 25.1 Å². The second-order valence-electron chi connectivity index (χ2n) is 4.71. The number of nitrogens with one attached hydrogen (secondary N) is 1. The van der Waals surface area contributed by atoms with Gasteiger partial charge in [0.15, 0.2) is 0 Å². The molecule has 110 valence electrons. The minimum absolute atomic E-state index is 0.0381. The number of rotatable bonds is 6. The molecular weight excluding hydrogens is 258 g/mol. The molecule has 0 bridgehead atoms. The van der Waals surface area contributed by atoms with Crippen LogP contribution in [0.1, 0.15) is 26.3 Å². The van der Waals surface area contributed by atoms with Gasteiger partial charge >= 0.3 is 0 Å². The SMILES string of the molecule is CCOCC(=O)Nc1cc2c(cc1OCC)CC(C)O2. The Balaban J connectivity index is 2.18. The molecule has 0 radical (unpaired) electrons. The predicted octanol–water partition coefficient (Wildman–Crippen LogP) is 2.38. The largest absolute Gasteiger partial charge is 0.492 e. The van der Waals surface area contributed by atoms with E-state index in [1.54, 1.807) is 0 Å². The fourth-order valence-electron chi connectivity index (χ4n) is 2.19. The van der Waals surface area contributed by atoms with Crippen molar-refractivity contribution in [3.05, 3.63) is 17.7 Å². The molecule has 1 heterocycles. The smallest absolute Gasteiger partial charge is 0.250 e. The topological polar surface area (TPSA) is 56.8 Å². The highest BCUT2D eigenvalue weighted by Gasteiger charge is 2.22. The second kappa shape index (κ2) is 6.61. The van der Waals surface area contributed by atoms with Gasteiger partial charge in [-0.25, -0.2) is 0 Å². The fraction of sp³-hybridized carbons (Fsp3) is 0.533. The summed E-state index contributed by atoms with van der Waals surface area (Å²) in [4.78, 5) is 11.8. The molecule has 0 aliphatic carbocycles. The van der Waals surface area contributed by atoms with Crippen LogP contribution < -0.4 is 14.8 Å². The van der Waals surface area contributed by atoms with Gasteiger partial charge in [0.2, 0.25) is 5.91 Å². The zero-order valence-electron chi connectivity index (χ0n) is 12.2. The van der Waals surface area contributed by atoms with E-state index in [2.05, 4.69) is 5.32 Å². The first-order valence-electron chi connectivity index (χ1n) is 6.98. The third kappa shape index (κ3) is 3.42. The van der Waals surface area contributed by atoms with Gasteiger partial charge in [-0.2, -0.15) is 0 Å². The summed E-state index contributed by atoms with van der Waals surface area (Å²) in [7, 11) is 0. The molecule has 1 aromatic carbocycles. The van der Waals surface area contributed by atoms with Crippen molar-refractivity contribution in [1.82, 2.24) is 0 Å². The quantitative estimate of drug-likeness (QED) is 0.868. The van der Waals surface area contributed by atoms with Crippen molar-refractivity contribution in [2.24, 2.45) is 0 Å². The molecule has 1 aliphatic heterocycles. The number of ether oxygens (including phenoxy) is 3. The molecule has 1 aromatic rings. The van der Waals surface area contributed by atoms with Crippen molar-refractivity contribution >= 4 is 11.6 Å². The van der Waals surface area contributed by atoms with E-state index in [1.165, 1.54) is 0 Å². The molecule has 1 N–H and O–H groups in total. The number of carbonyl (C=O) groups excluding carboxylic acids is 1. The molecule has 1 aliphatic rings. The van der Waals surface area contributed by atoms with Crippen LogP contribution in [0.3, 0.4) is 0 Å². The van der Waals surface area contributed by atoms with E-state index in [9.17, 15) is 4.79 Å². The van der Waals surface area contributed by atoms with Crippen LogP contribution in [-0.2, 0) is 16.0 Å². The molecular formula is C15H21NO4. The molecule has 0 saturated carbocycles. The van der Waals surface area contributed by atoms with E-state index < -0.39 is 0 Å². The third-order valence-corrected chi connectivity index (χ3v) is 3.01. The Morgan fingerprint density at radius 3 is 2.90 bits per heavy atom. The average Bonchev–Trinajstić information content (AvgIpc) is 2.76. The molecule has 20 heavy (non-hydrogen) atoms. The lowest BCUT2D eigenvalue weighted by atomic mass is 10.1. The van der Waals surface area contributed by atoms with Gasteiger partial charge in [0.1, 0.15) is 24.2 Å². The first-order valence-corrected chi connectivity index (χ1v) is 6.98. The zero-order valence-corrected chi connectivity index (χ0v) is 12.2. The summed E-state index contributed by atoms with van der Waals surface area (Å²) in [5.74, 6) is 1.29. The zero-order chi connectivity index (χ0) is 14.5. The van der Waals surface area contributed by atoms with Crippen LogP contribution in [0.4, 0.5) is 5.69 Å². The Morgan fingerprint density at radius 2 is 2.20 bits per heavy atom. The molecule has 1 unspecified atom stereocenters. The van der Waals surface area contributed by atoms with Crippen molar-refractivity contribution in [3.8, 4) is 11.5 Å². The van der Waals surface area contributed by atoms with E-state index in [0.29, 0.717) is 24.7 Å². The van der Waals surface area contributed by atoms with Gasteiger partial charge in [0.25, 0.3) is 0 Å². The number of fused-ring (bicyclic) bond motifs is 1. The number of carbonyl (C=O) groups is 1. The highest BCUT2D eigenvalue weighted by molar-refractivity contribution is 5.93. The predicted molar refractivity (Wildman–Crippen MR) is 76.5 cm³/mol. The van der Waals surface area contributed by atoms with E-state index in [1.807, 2.05) is 32.9 Å². The van der Waals surface area contributed by atoms with E-state index in [0.717, 1.165) is 17.7 Å². The first kappa shape index (κ1) is 14.7. The van der Waals surface area contributed by atoms with Crippen LogP contribution in [0.15, 0.2) is 12.1 Å². The maximum atomic E-state index is 11.8. The number of hydrogen-bond donors (Lipinski definition) is 1. The van der Waals surface area contributed by atoms with Gasteiger partial charge in [-0.1, -0.05) is 0 Å². The maximum Gasteiger partial charge on any atom is 0.250 e. The molecule has 0 aromatic heterocycles. The Bertz CT molecular complexity index is 487. The minimum Gasteiger partial charge on any atom is -0.492 e. The summed E-state index contributed by atoms with van der Waals surface area (Å²) in [6.07, 6.45) is 1.02. The van der Waals surface area contributed by atoms with Gasteiger partial charge in [-0.3, -0.25) is 4.79 Å². The Labute approximate surface area is 119 Å². The van der Waals surface area contributed by atoms with Crippen LogP contribution in [0.25, 0.3) is 0 Å². The number of hydrogen-bond acceptors (Lipinski definition) is 4. The minimum atomic E-state index is -0.196. The van der Waals surface area contributed by atoms with Crippen molar-refractivity contribution in [1.29, 1.82) is 0 Å². The van der Waals surface area contributed by atoms with E-state index in [-0.39, 0.29) is 18.6 Å². The van der Waals surface area contributed by atoms with Crippen LogP contribution in [0.5, 0.6) is 11.5 Å². The van der Waals surface area contributed by atoms with Crippen LogP contribution in [0, 0.1) is 0 Å². The summed E-state index contributed by atoms with van der Waals surface area (Å²) in [6, 6.07) is 3.77. The van der Waals surface area contributed by atoms with Crippen LogP contribution in [-0.4, -0.2) is 31.8 Å². The molecule has 1 amide bonds. The average molecular weight is 279 g/mol. The Hall–Kier alpha value is -1.75. The molecule has 0 fully saturated rings. The number of amides is 1. The third-order valence-electron chi connectivity index (χ3n) is 3.01. The first-order chi connectivity index (χ1) is 9.63. The standard InChI is InChI=1S/C15H21NO4/c1-4-18-9-15(17)16-12-8-13-11(6-10(3)20-13)7-14(12)19-5-2/h7-8,10H,4-6,9H2,1-3H3,(H,16,17). The Morgan fingerprint density at radius 1 is 1.40 bits per heavy atom. The van der Waals surface area contributed by atoms with Crippen molar-refractivity contribution in [3.63, 3.8) is 0 Å². The summed E-state index contributed by atoms with van der Waals surface area (Å²) < 4.78 is 16.4. The fourth-order valence-corrected chi connectivity index (χ4v) is 2.19.